The smallest absolute Gasteiger partial charge is 0.330 e. The third kappa shape index (κ3) is 3.19. The number of carbonyl (C=O) groups is 3. The molecule has 1 saturated heterocycles. The summed E-state index contributed by atoms with van der Waals surface area (Å²) in [5, 5.41) is 0. The number of rotatable bonds is 3. The summed E-state index contributed by atoms with van der Waals surface area (Å²) in [6.45, 7) is 3.23. The number of imide groups is 1. The van der Waals surface area contributed by atoms with Gasteiger partial charge in [0.15, 0.2) is 6.61 Å². The monoisotopic (exact) mass is 211 g/mol. The third-order valence-electron chi connectivity index (χ3n) is 2.13. The number of nitrogens with zero attached hydrogens (tertiary/aromatic N) is 1. The topological polar surface area (TPSA) is 63.7 Å². The van der Waals surface area contributed by atoms with Crippen molar-refractivity contribution in [2.75, 3.05) is 13.2 Å². The van der Waals surface area contributed by atoms with E-state index in [1.54, 1.807) is 0 Å². The van der Waals surface area contributed by atoms with E-state index < -0.39 is 18.5 Å². The van der Waals surface area contributed by atoms with Crippen LogP contribution in [0.5, 0.6) is 0 Å². The molecule has 5 heteroatoms. The Bertz CT molecular complexity index is 298. The van der Waals surface area contributed by atoms with E-state index in [-0.39, 0.29) is 5.91 Å². The highest BCUT2D eigenvalue weighted by Crippen LogP contribution is 2.10. The van der Waals surface area contributed by atoms with Crippen molar-refractivity contribution in [3.8, 4) is 0 Å². The van der Waals surface area contributed by atoms with Gasteiger partial charge in [-0.1, -0.05) is 6.58 Å². The Morgan fingerprint density at radius 3 is 2.80 bits per heavy atom. The Labute approximate surface area is 87.7 Å². The van der Waals surface area contributed by atoms with Crippen LogP contribution < -0.4 is 0 Å². The van der Waals surface area contributed by atoms with E-state index in [1.807, 2.05) is 0 Å². The number of ether oxygens (including phenoxy) is 1. The summed E-state index contributed by atoms with van der Waals surface area (Å²) in [5.74, 6) is -1.32. The van der Waals surface area contributed by atoms with Gasteiger partial charge < -0.3 is 4.74 Å². The van der Waals surface area contributed by atoms with E-state index in [0.717, 1.165) is 23.8 Å². The molecule has 0 bridgehead atoms. The van der Waals surface area contributed by atoms with Crippen LogP contribution in [0, 0.1) is 0 Å². The molecule has 15 heavy (non-hydrogen) atoms. The summed E-state index contributed by atoms with van der Waals surface area (Å²) in [6, 6.07) is 0. The second kappa shape index (κ2) is 5.29. The first-order valence-electron chi connectivity index (χ1n) is 4.77. The molecule has 2 amide bonds. The average Bonchev–Trinajstić information content (AvgIpc) is 2.26. The third-order valence-corrected chi connectivity index (χ3v) is 2.13. The maximum Gasteiger partial charge on any atom is 0.330 e. The fourth-order valence-electron chi connectivity index (χ4n) is 1.34. The summed E-state index contributed by atoms with van der Waals surface area (Å²) >= 11 is 0. The highest BCUT2D eigenvalue weighted by Gasteiger charge is 2.24. The number of piperidine rings is 1. The highest BCUT2D eigenvalue weighted by molar-refractivity contribution is 5.97. The first kappa shape index (κ1) is 11.4. The molecule has 0 atom stereocenters. The zero-order valence-corrected chi connectivity index (χ0v) is 8.40. The van der Waals surface area contributed by atoms with Gasteiger partial charge in [-0.15, -0.1) is 0 Å². The summed E-state index contributed by atoms with van der Waals surface area (Å²) in [4.78, 5) is 34.5. The Morgan fingerprint density at radius 2 is 2.20 bits per heavy atom. The van der Waals surface area contributed by atoms with Gasteiger partial charge in [-0.3, -0.25) is 14.5 Å². The molecule has 82 valence electrons. The first-order valence-corrected chi connectivity index (χ1v) is 4.77. The molecule has 0 aromatic carbocycles. The lowest BCUT2D eigenvalue weighted by Gasteiger charge is -2.24. The molecule has 1 heterocycles. The minimum atomic E-state index is -0.659. The zero-order valence-electron chi connectivity index (χ0n) is 8.40. The molecule has 5 nitrogen and oxygen atoms in total. The predicted octanol–water partition coefficient (Wildman–Crippen LogP) is 0.255. The molecule has 0 aliphatic carbocycles. The molecular weight excluding hydrogens is 198 g/mol. The van der Waals surface area contributed by atoms with Crippen molar-refractivity contribution in [2.45, 2.75) is 19.3 Å². The zero-order chi connectivity index (χ0) is 11.3. The first-order chi connectivity index (χ1) is 7.15. The van der Waals surface area contributed by atoms with Crippen molar-refractivity contribution >= 4 is 17.8 Å². The van der Waals surface area contributed by atoms with Crippen LogP contribution in [0.4, 0.5) is 0 Å². The molecule has 0 N–H and O–H groups in total. The molecule has 0 spiro atoms. The van der Waals surface area contributed by atoms with Gasteiger partial charge in [0.05, 0.1) is 0 Å². The minimum absolute atomic E-state index is 0.194. The Kier molecular flexibility index (Phi) is 4.03. The van der Waals surface area contributed by atoms with Crippen molar-refractivity contribution in [1.82, 2.24) is 4.90 Å². The molecule has 0 aromatic rings. The standard InChI is InChI=1S/C10H13NO4/c1-2-10(14)15-7-9(13)11-6-4-3-5-8(11)12/h2H,1,3-7H2. The van der Waals surface area contributed by atoms with E-state index >= 15 is 0 Å². The van der Waals surface area contributed by atoms with Gasteiger partial charge in [-0.2, -0.15) is 0 Å². The maximum atomic E-state index is 11.4. The van der Waals surface area contributed by atoms with E-state index in [9.17, 15) is 14.4 Å². The van der Waals surface area contributed by atoms with Gasteiger partial charge in [0.2, 0.25) is 5.91 Å². The van der Waals surface area contributed by atoms with Crippen LogP contribution in [0.3, 0.4) is 0 Å². The number of likely N-dealkylation sites (tertiary alicyclic amines) is 1. The van der Waals surface area contributed by atoms with E-state index in [0.29, 0.717) is 13.0 Å². The Morgan fingerprint density at radius 1 is 1.47 bits per heavy atom. The van der Waals surface area contributed by atoms with Gasteiger partial charge in [0, 0.05) is 19.0 Å². The summed E-state index contributed by atoms with van der Waals surface area (Å²) in [5.41, 5.74) is 0. The van der Waals surface area contributed by atoms with Crippen LogP contribution in [-0.4, -0.2) is 35.8 Å². The molecule has 1 fully saturated rings. The second-order valence-electron chi connectivity index (χ2n) is 3.21. The predicted molar refractivity (Wildman–Crippen MR) is 51.7 cm³/mol. The Balaban J connectivity index is 2.41. The summed E-state index contributed by atoms with van der Waals surface area (Å²) in [7, 11) is 0. The van der Waals surface area contributed by atoms with Crippen molar-refractivity contribution in [1.29, 1.82) is 0 Å². The molecule has 1 aliphatic rings. The number of carbonyl (C=O) groups excluding carboxylic acids is 3. The van der Waals surface area contributed by atoms with Crippen LogP contribution in [-0.2, 0) is 19.1 Å². The van der Waals surface area contributed by atoms with Gasteiger partial charge >= 0.3 is 5.97 Å². The maximum absolute atomic E-state index is 11.4. The fourth-order valence-corrected chi connectivity index (χ4v) is 1.34. The van der Waals surface area contributed by atoms with Gasteiger partial charge in [-0.05, 0) is 12.8 Å². The fraction of sp³-hybridized carbons (Fsp3) is 0.500. The minimum Gasteiger partial charge on any atom is -0.452 e. The van der Waals surface area contributed by atoms with Crippen LogP contribution in [0.25, 0.3) is 0 Å². The molecule has 0 unspecified atom stereocenters. The Hall–Kier alpha value is -1.65. The quantitative estimate of drug-likeness (QED) is 0.496. The van der Waals surface area contributed by atoms with Crippen molar-refractivity contribution in [3.05, 3.63) is 12.7 Å². The van der Waals surface area contributed by atoms with Gasteiger partial charge in [0.1, 0.15) is 0 Å². The molecule has 0 radical (unpaired) electrons. The van der Waals surface area contributed by atoms with E-state index in [4.69, 9.17) is 0 Å². The number of hydrogen-bond acceptors (Lipinski definition) is 4. The highest BCUT2D eigenvalue weighted by atomic mass is 16.5. The van der Waals surface area contributed by atoms with Crippen LogP contribution in [0.15, 0.2) is 12.7 Å². The lowest BCUT2D eigenvalue weighted by Crippen LogP contribution is -2.42. The molecule has 0 aromatic heterocycles. The van der Waals surface area contributed by atoms with Crippen LogP contribution in [0.2, 0.25) is 0 Å². The SMILES string of the molecule is C=CC(=O)OCC(=O)N1CCCCC1=O. The number of amides is 2. The molecular formula is C10H13NO4. The summed E-state index contributed by atoms with van der Waals surface area (Å²) < 4.78 is 4.55. The molecule has 1 rings (SSSR count). The lowest BCUT2D eigenvalue weighted by molar-refractivity contribution is -0.154. The normalized spacial score (nSPS) is 16.0. The van der Waals surface area contributed by atoms with Crippen molar-refractivity contribution < 1.29 is 19.1 Å². The van der Waals surface area contributed by atoms with Crippen molar-refractivity contribution in [3.63, 3.8) is 0 Å². The number of hydrogen-bond donors (Lipinski definition) is 0. The second-order valence-corrected chi connectivity index (χ2v) is 3.21. The van der Waals surface area contributed by atoms with Crippen LogP contribution >= 0.6 is 0 Å². The summed E-state index contributed by atoms with van der Waals surface area (Å²) in [6.07, 6.45) is 2.99. The van der Waals surface area contributed by atoms with Gasteiger partial charge in [-0.25, -0.2) is 4.79 Å². The lowest BCUT2D eigenvalue weighted by atomic mass is 10.1. The molecule has 1 aliphatic heterocycles. The largest absolute Gasteiger partial charge is 0.452 e. The average molecular weight is 211 g/mol. The van der Waals surface area contributed by atoms with Crippen LogP contribution in [0.1, 0.15) is 19.3 Å². The molecule has 0 saturated carbocycles. The van der Waals surface area contributed by atoms with E-state index in [2.05, 4.69) is 11.3 Å². The van der Waals surface area contributed by atoms with Crippen molar-refractivity contribution in [2.24, 2.45) is 0 Å². The van der Waals surface area contributed by atoms with Gasteiger partial charge in [0.25, 0.3) is 5.91 Å². The number of esters is 1. The van der Waals surface area contributed by atoms with E-state index in [1.165, 1.54) is 0 Å².